The van der Waals surface area contributed by atoms with Crippen LogP contribution in [0.2, 0.25) is 0 Å². The minimum Gasteiger partial charge on any atom is -0.493 e. The van der Waals surface area contributed by atoms with E-state index in [9.17, 15) is 14.4 Å². The molecule has 0 radical (unpaired) electrons. The smallest absolute Gasteiger partial charge is 0.322 e. The van der Waals surface area contributed by atoms with Gasteiger partial charge in [-0.15, -0.1) is 0 Å². The van der Waals surface area contributed by atoms with E-state index in [2.05, 4.69) is 16.0 Å². The molecule has 3 rings (SSSR count). The summed E-state index contributed by atoms with van der Waals surface area (Å²) in [5.74, 6) is 0.655. The van der Waals surface area contributed by atoms with Crippen molar-refractivity contribution in [2.45, 2.75) is 6.42 Å². The van der Waals surface area contributed by atoms with Crippen LogP contribution in [0.15, 0.2) is 42.5 Å². The van der Waals surface area contributed by atoms with E-state index in [-0.39, 0.29) is 24.9 Å². The van der Waals surface area contributed by atoms with Gasteiger partial charge in [0.1, 0.15) is 6.54 Å². The maximum Gasteiger partial charge on any atom is 0.322 e. The molecule has 9 heteroatoms. The Balaban J connectivity index is 1.47. The lowest BCUT2D eigenvalue weighted by atomic mass is 10.1. The van der Waals surface area contributed by atoms with E-state index in [0.29, 0.717) is 35.8 Å². The number of benzene rings is 2. The number of hydrogen-bond donors (Lipinski definition) is 3. The van der Waals surface area contributed by atoms with Crippen molar-refractivity contribution in [3.63, 3.8) is 0 Å². The monoisotopic (exact) mass is 412 g/mol. The number of carbonyl (C=O) groups is 3. The number of hydrogen-bond acceptors (Lipinski definition) is 5. The molecule has 1 aliphatic heterocycles. The summed E-state index contributed by atoms with van der Waals surface area (Å²) in [6, 6.07) is 12.0. The van der Waals surface area contributed by atoms with Crippen LogP contribution in [0, 0.1) is 0 Å². The van der Waals surface area contributed by atoms with Gasteiger partial charge in [0, 0.05) is 6.54 Å². The first-order chi connectivity index (χ1) is 14.5. The molecule has 0 saturated carbocycles. The summed E-state index contributed by atoms with van der Waals surface area (Å²) >= 11 is 0. The van der Waals surface area contributed by atoms with E-state index in [1.165, 1.54) is 4.90 Å². The van der Waals surface area contributed by atoms with E-state index in [0.717, 1.165) is 5.56 Å². The lowest BCUT2D eigenvalue weighted by Gasteiger charge is -2.29. The summed E-state index contributed by atoms with van der Waals surface area (Å²) in [6.07, 6.45) is 0.597. The largest absolute Gasteiger partial charge is 0.493 e. The topological polar surface area (TPSA) is 109 Å². The fraction of sp³-hybridized carbons (Fsp3) is 0.286. The van der Waals surface area contributed by atoms with E-state index < -0.39 is 6.03 Å². The minimum atomic E-state index is -0.507. The van der Waals surface area contributed by atoms with Gasteiger partial charge in [0.15, 0.2) is 11.5 Å². The summed E-state index contributed by atoms with van der Waals surface area (Å²) < 4.78 is 10.5. The number of fused-ring (bicyclic) bond motifs is 1. The molecule has 0 fully saturated rings. The Hall–Kier alpha value is -3.75. The molecule has 0 bridgehead atoms. The number of para-hydroxylation sites is 2. The van der Waals surface area contributed by atoms with Gasteiger partial charge < -0.3 is 25.4 Å². The molecule has 9 nitrogen and oxygen atoms in total. The molecule has 0 aliphatic carbocycles. The summed E-state index contributed by atoms with van der Waals surface area (Å²) in [7, 11) is 3.14. The van der Waals surface area contributed by atoms with Gasteiger partial charge in [0.05, 0.1) is 32.1 Å². The molecule has 2 aromatic carbocycles. The number of methoxy groups -OCH3 is 2. The van der Waals surface area contributed by atoms with Gasteiger partial charge in [-0.3, -0.25) is 14.5 Å². The third-order valence-corrected chi connectivity index (χ3v) is 4.60. The van der Waals surface area contributed by atoms with Crippen LogP contribution in [0.5, 0.6) is 11.5 Å². The van der Waals surface area contributed by atoms with E-state index in [4.69, 9.17) is 9.47 Å². The SMILES string of the molecule is COc1ccc(CCNC(=O)CNC(=O)N2CC(=O)Nc3ccccc32)cc1OC. The number of rotatable bonds is 7. The number of ether oxygens (including phenoxy) is 2. The van der Waals surface area contributed by atoms with Crippen molar-refractivity contribution in [1.29, 1.82) is 0 Å². The van der Waals surface area contributed by atoms with Gasteiger partial charge >= 0.3 is 6.03 Å². The number of amides is 4. The highest BCUT2D eigenvalue weighted by atomic mass is 16.5. The van der Waals surface area contributed by atoms with Crippen LogP contribution in [0.1, 0.15) is 5.56 Å². The second kappa shape index (κ2) is 9.64. The second-order valence-corrected chi connectivity index (χ2v) is 6.60. The Morgan fingerprint density at radius 2 is 1.83 bits per heavy atom. The quantitative estimate of drug-likeness (QED) is 0.639. The maximum absolute atomic E-state index is 12.5. The molecule has 0 unspecified atom stereocenters. The Labute approximate surface area is 174 Å². The summed E-state index contributed by atoms with van der Waals surface area (Å²) in [6.45, 7) is 0.105. The number of anilines is 2. The van der Waals surface area contributed by atoms with Crippen LogP contribution in [0.4, 0.5) is 16.2 Å². The van der Waals surface area contributed by atoms with Crippen molar-refractivity contribution >= 4 is 29.2 Å². The van der Waals surface area contributed by atoms with Gasteiger partial charge in [-0.2, -0.15) is 0 Å². The summed E-state index contributed by atoms with van der Waals surface area (Å²) in [5, 5.41) is 8.03. The first-order valence-corrected chi connectivity index (χ1v) is 9.43. The zero-order valence-corrected chi connectivity index (χ0v) is 16.9. The number of nitrogens with zero attached hydrogens (tertiary/aromatic N) is 1. The molecule has 0 saturated heterocycles. The first kappa shape index (κ1) is 21.0. The highest BCUT2D eigenvalue weighted by Gasteiger charge is 2.26. The molecule has 30 heavy (non-hydrogen) atoms. The van der Waals surface area contributed by atoms with Crippen molar-refractivity contribution in [2.75, 3.05) is 44.1 Å². The Bertz CT molecular complexity index is 947. The molecular formula is C21H24N4O5. The van der Waals surface area contributed by atoms with Crippen molar-refractivity contribution in [2.24, 2.45) is 0 Å². The molecular weight excluding hydrogens is 388 g/mol. The third-order valence-electron chi connectivity index (χ3n) is 4.60. The summed E-state index contributed by atoms with van der Waals surface area (Å²) in [4.78, 5) is 37.7. The second-order valence-electron chi connectivity index (χ2n) is 6.60. The first-order valence-electron chi connectivity index (χ1n) is 9.43. The highest BCUT2D eigenvalue weighted by molar-refractivity contribution is 6.09. The van der Waals surface area contributed by atoms with Crippen molar-refractivity contribution in [1.82, 2.24) is 10.6 Å². The van der Waals surface area contributed by atoms with Crippen LogP contribution < -0.4 is 30.3 Å². The fourth-order valence-corrected chi connectivity index (χ4v) is 3.11. The highest BCUT2D eigenvalue weighted by Crippen LogP contribution is 2.29. The zero-order valence-electron chi connectivity index (χ0n) is 16.9. The molecule has 3 N–H and O–H groups in total. The van der Waals surface area contributed by atoms with Crippen LogP contribution in [0.25, 0.3) is 0 Å². The predicted octanol–water partition coefficient (Wildman–Crippen LogP) is 1.53. The Morgan fingerprint density at radius 1 is 1.07 bits per heavy atom. The molecule has 0 aromatic heterocycles. The van der Waals surface area contributed by atoms with Crippen molar-refractivity contribution < 1.29 is 23.9 Å². The van der Waals surface area contributed by atoms with Gasteiger partial charge in [0.2, 0.25) is 11.8 Å². The van der Waals surface area contributed by atoms with Crippen LogP contribution in [-0.2, 0) is 16.0 Å². The molecule has 1 heterocycles. The lowest BCUT2D eigenvalue weighted by molar-refractivity contribution is -0.120. The average Bonchev–Trinajstić information content (AvgIpc) is 2.76. The zero-order chi connectivity index (χ0) is 21.5. The van der Waals surface area contributed by atoms with E-state index in [1.54, 1.807) is 38.5 Å². The van der Waals surface area contributed by atoms with Crippen LogP contribution in [-0.4, -0.2) is 51.7 Å². The van der Waals surface area contributed by atoms with Gasteiger partial charge in [-0.1, -0.05) is 18.2 Å². The minimum absolute atomic E-state index is 0.107. The third kappa shape index (κ3) is 4.99. The van der Waals surface area contributed by atoms with Gasteiger partial charge in [0.25, 0.3) is 0 Å². The van der Waals surface area contributed by atoms with Crippen molar-refractivity contribution in [3.8, 4) is 11.5 Å². The number of nitrogens with one attached hydrogen (secondary N) is 3. The fourth-order valence-electron chi connectivity index (χ4n) is 3.11. The molecule has 4 amide bonds. The van der Waals surface area contributed by atoms with Crippen LogP contribution >= 0.6 is 0 Å². The molecule has 2 aromatic rings. The van der Waals surface area contributed by atoms with E-state index >= 15 is 0 Å². The molecule has 0 atom stereocenters. The number of carbonyl (C=O) groups excluding carboxylic acids is 3. The lowest BCUT2D eigenvalue weighted by Crippen LogP contribution is -2.49. The number of urea groups is 1. The standard InChI is InChI=1S/C21H24N4O5/c1-29-17-8-7-14(11-18(17)30-2)9-10-22-19(26)12-23-21(28)25-13-20(27)24-15-5-3-4-6-16(15)25/h3-8,11H,9-10,12-13H2,1-2H3,(H,22,26)(H,23,28)(H,24,27). The normalized spacial score (nSPS) is 12.5. The van der Waals surface area contributed by atoms with Gasteiger partial charge in [-0.25, -0.2) is 4.79 Å². The Kier molecular flexibility index (Phi) is 6.74. The van der Waals surface area contributed by atoms with Crippen LogP contribution in [0.3, 0.4) is 0 Å². The van der Waals surface area contributed by atoms with E-state index in [1.807, 2.05) is 18.2 Å². The molecule has 1 aliphatic rings. The predicted molar refractivity (Wildman–Crippen MR) is 112 cm³/mol. The molecule has 158 valence electrons. The Morgan fingerprint density at radius 3 is 2.60 bits per heavy atom. The summed E-state index contributed by atoms with van der Waals surface area (Å²) in [5.41, 5.74) is 2.12. The molecule has 0 spiro atoms. The average molecular weight is 412 g/mol. The van der Waals surface area contributed by atoms with Gasteiger partial charge in [-0.05, 0) is 36.2 Å². The maximum atomic E-state index is 12.5. The van der Waals surface area contributed by atoms with Crippen molar-refractivity contribution in [3.05, 3.63) is 48.0 Å².